The van der Waals surface area contributed by atoms with Crippen LogP contribution in [0, 0.1) is 10.7 Å². The Balaban J connectivity index is 2.21. The highest BCUT2D eigenvalue weighted by Crippen LogP contribution is 2.21. The van der Waals surface area contributed by atoms with Crippen molar-refractivity contribution in [1.82, 2.24) is 14.3 Å². The van der Waals surface area contributed by atoms with E-state index in [-0.39, 0.29) is 12.3 Å². The number of hydrogen-bond donors (Lipinski definition) is 2. The van der Waals surface area contributed by atoms with Gasteiger partial charge < -0.3 is 19.9 Å². The summed E-state index contributed by atoms with van der Waals surface area (Å²) in [6.45, 7) is 6.30. The molecule has 0 aliphatic carbocycles. The molecule has 1 heterocycles. The van der Waals surface area contributed by atoms with Gasteiger partial charge in [0.2, 0.25) is 10.7 Å². The molecule has 9 heteroatoms. The first-order valence-electron chi connectivity index (χ1n) is 9.29. The van der Waals surface area contributed by atoms with Crippen LogP contribution in [0.25, 0.3) is 0 Å². The summed E-state index contributed by atoms with van der Waals surface area (Å²) in [7, 11) is 3.71. The predicted octanol–water partition coefficient (Wildman–Crippen LogP) is 1.82. The molecule has 0 aliphatic rings. The summed E-state index contributed by atoms with van der Waals surface area (Å²) >= 11 is 11.8. The summed E-state index contributed by atoms with van der Waals surface area (Å²) in [5.74, 6) is 1.68. The molecule has 1 unspecified atom stereocenters. The van der Waals surface area contributed by atoms with Gasteiger partial charge in [-0.1, -0.05) is 25.4 Å². The number of benzene rings is 1. The molecule has 1 amide bonds. The fraction of sp³-hybridized carbons (Fsp3) is 0.526. The third kappa shape index (κ3) is 6.05. The summed E-state index contributed by atoms with van der Waals surface area (Å²) in [5, 5.41) is 5.34. The predicted molar refractivity (Wildman–Crippen MR) is 112 cm³/mol. The molecule has 0 spiro atoms. The molecule has 2 rings (SSSR count). The molecule has 1 aromatic heterocycles. The number of nitrogens with one attached hydrogen (secondary N) is 1. The molecule has 3 N–H and O–H groups in total. The van der Waals surface area contributed by atoms with E-state index in [2.05, 4.69) is 26.0 Å². The van der Waals surface area contributed by atoms with E-state index in [9.17, 15) is 4.79 Å². The molecule has 0 aliphatic heterocycles. The van der Waals surface area contributed by atoms with Crippen molar-refractivity contribution in [3.63, 3.8) is 0 Å². The standard InChI is InChI=1S/C19H28ClN5O2S/c1-13(2)10-24-18(8-7-17(21)26)22-25(19(24)28)12-23(3)11-14-9-15(20)5-6-16(14)27-4/h5-6,9,13H,7-8,10-12H2,1-4H3,(H2,21,26)/p+1. The molecule has 0 saturated heterocycles. The number of nitrogens with zero attached hydrogens (tertiary/aromatic N) is 3. The maximum atomic E-state index is 11.2. The number of nitrogens with two attached hydrogens (primary N) is 1. The number of methoxy groups -OCH3 is 1. The lowest BCUT2D eigenvalue weighted by Crippen LogP contribution is -3.07. The van der Waals surface area contributed by atoms with Gasteiger partial charge in [0.15, 0.2) is 6.67 Å². The molecule has 0 fully saturated rings. The van der Waals surface area contributed by atoms with E-state index in [1.165, 1.54) is 4.90 Å². The fourth-order valence-electron chi connectivity index (χ4n) is 3.08. The minimum atomic E-state index is -0.340. The van der Waals surface area contributed by atoms with Crippen molar-refractivity contribution in [2.75, 3.05) is 14.2 Å². The van der Waals surface area contributed by atoms with Crippen molar-refractivity contribution in [1.29, 1.82) is 0 Å². The summed E-state index contributed by atoms with van der Waals surface area (Å²) in [5.41, 5.74) is 6.33. The highest BCUT2D eigenvalue weighted by Gasteiger charge is 2.16. The number of quaternary nitrogens is 1. The number of aromatic nitrogens is 3. The van der Waals surface area contributed by atoms with Gasteiger partial charge in [0, 0.05) is 30.0 Å². The second kappa shape index (κ2) is 10.0. The number of amides is 1. The van der Waals surface area contributed by atoms with Crippen LogP contribution in [0.1, 0.15) is 31.7 Å². The minimum Gasteiger partial charge on any atom is -0.496 e. The van der Waals surface area contributed by atoms with Crippen LogP contribution in [0.2, 0.25) is 5.02 Å². The molecule has 0 bridgehead atoms. The summed E-state index contributed by atoms with van der Waals surface area (Å²) in [4.78, 5) is 12.4. The number of carbonyl (C=O) groups is 1. The van der Waals surface area contributed by atoms with E-state index < -0.39 is 0 Å². The van der Waals surface area contributed by atoms with Crippen LogP contribution in [0.5, 0.6) is 5.75 Å². The molecular formula is C19H29ClN5O2S+. The van der Waals surface area contributed by atoms with E-state index >= 15 is 0 Å². The molecule has 28 heavy (non-hydrogen) atoms. The maximum absolute atomic E-state index is 11.2. The largest absolute Gasteiger partial charge is 0.496 e. The van der Waals surface area contributed by atoms with Crippen LogP contribution in [0.4, 0.5) is 0 Å². The number of carbonyl (C=O) groups excluding carboxylic acids is 1. The third-order valence-corrected chi connectivity index (χ3v) is 4.96. The van der Waals surface area contributed by atoms with Gasteiger partial charge in [-0.2, -0.15) is 9.78 Å². The molecule has 0 radical (unpaired) electrons. The molecule has 154 valence electrons. The lowest BCUT2D eigenvalue weighted by molar-refractivity contribution is -0.917. The van der Waals surface area contributed by atoms with Gasteiger partial charge in [-0.15, -0.1) is 0 Å². The SMILES string of the molecule is COc1ccc(Cl)cc1C[NH+](C)Cn1nc(CCC(N)=O)n(CC(C)C)c1=S. The summed E-state index contributed by atoms with van der Waals surface area (Å²) in [6.07, 6.45) is 0.742. The van der Waals surface area contributed by atoms with Crippen molar-refractivity contribution in [3.8, 4) is 5.75 Å². The Morgan fingerprint density at radius 2 is 2.14 bits per heavy atom. The highest BCUT2D eigenvalue weighted by atomic mass is 35.5. The zero-order chi connectivity index (χ0) is 20.8. The van der Waals surface area contributed by atoms with Gasteiger partial charge >= 0.3 is 0 Å². The normalized spacial score (nSPS) is 12.4. The monoisotopic (exact) mass is 426 g/mol. The molecule has 7 nitrogen and oxygen atoms in total. The van der Waals surface area contributed by atoms with E-state index in [1.807, 2.05) is 27.4 Å². The molecular weight excluding hydrogens is 398 g/mol. The molecule has 1 aromatic carbocycles. The zero-order valence-electron chi connectivity index (χ0n) is 16.9. The van der Waals surface area contributed by atoms with Crippen LogP contribution < -0.4 is 15.4 Å². The first kappa shape index (κ1) is 22.4. The van der Waals surface area contributed by atoms with Crippen LogP contribution >= 0.6 is 23.8 Å². The van der Waals surface area contributed by atoms with Crippen molar-refractivity contribution in [2.45, 2.75) is 46.4 Å². The number of rotatable bonds is 10. The third-order valence-electron chi connectivity index (χ3n) is 4.30. The first-order valence-corrected chi connectivity index (χ1v) is 10.1. The lowest BCUT2D eigenvalue weighted by Gasteiger charge is -2.16. The zero-order valence-corrected chi connectivity index (χ0v) is 18.4. The van der Waals surface area contributed by atoms with Gasteiger partial charge in [0.05, 0.1) is 14.2 Å². The van der Waals surface area contributed by atoms with E-state index in [0.29, 0.717) is 35.3 Å². The highest BCUT2D eigenvalue weighted by molar-refractivity contribution is 7.71. The smallest absolute Gasteiger partial charge is 0.217 e. The Labute approximate surface area is 176 Å². The van der Waals surface area contributed by atoms with Crippen LogP contribution in [-0.4, -0.2) is 34.4 Å². The van der Waals surface area contributed by atoms with Gasteiger partial charge in [0.25, 0.3) is 0 Å². The Morgan fingerprint density at radius 1 is 1.43 bits per heavy atom. The van der Waals surface area contributed by atoms with Crippen LogP contribution in [0.15, 0.2) is 18.2 Å². The fourth-order valence-corrected chi connectivity index (χ4v) is 3.56. The number of aryl methyl sites for hydroxylation is 1. The van der Waals surface area contributed by atoms with Gasteiger partial charge in [0.1, 0.15) is 18.1 Å². The Kier molecular flexibility index (Phi) is 8.03. The average molecular weight is 427 g/mol. The second-order valence-electron chi connectivity index (χ2n) is 7.42. The number of ether oxygens (including phenoxy) is 1. The van der Waals surface area contributed by atoms with E-state index in [4.69, 9.17) is 34.3 Å². The van der Waals surface area contributed by atoms with Gasteiger partial charge in [-0.3, -0.25) is 4.79 Å². The topological polar surface area (TPSA) is 79.5 Å². The quantitative estimate of drug-likeness (QED) is 0.568. The van der Waals surface area contributed by atoms with Crippen molar-refractivity contribution < 1.29 is 14.4 Å². The molecule has 1 atom stereocenters. The van der Waals surface area contributed by atoms with Gasteiger partial charge in [-0.25, -0.2) is 0 Å². The summed E-state index contributed by atoms with van der Waals surface area (Å²) in [6, 6.07) is 5.60. The Hall–Kier alpha value is -1.90. The second-order valence-corrected chi connectivity index (χ2v) is 8.22. The van der Waals surface area contributed by atoms with E-state index in [1.54, 1.807) is 7.11 Å². The van der Waals surface area contributed by atoms with Crippen molar-refractivity contribution in [2.24, 2.45) is 11.7 Å². The first-order chi connectivity index (χ1) is 13.2. The minimum absolute atomic E-state index is 0.256. The molecule has 0 saturated carbocycles. The summed E-state index contributed by atoms with van der Waals surface area (Å²) < 4.78 is 9.92. The van der Waals surface area contributed by atoms with Gasteiger partial charge in [-0.05, 0) is 36.3 Å². The number of hydrogen-bond acceptors (Lipinski definition) is 4. The number of primary amides is 1. The van der Waals surface area contributed by atoms with Crippen molar-refractivity contribution >= 4 is 29.7 Å². The molecule has 2 aromatic rings. The van der Waals surface area contributed by atoms with Crippen LogP contribution in [-0.2, 0) is 31.0 Å². The Bertz CT molecular complexity index is 878. The maximum Gasteiger partial charge on any atom is 0.217 e. The average Bonchev–Trinajstić information content (AvgIpc) is 2.88. The number of halogens is 1. The van der Waals surface area contributed by atoms with E-state index in [0.717, 1.165) is 23.7 Å². The van der Waals surface area contributed by atoms with Crippen LogP contribution in [0.3, 0.4) is 0 Å². The lowest BCUT2D eigenvalue weighted by atomic mass is 10.2. The Morgan fingerprint density at radius 3 is 2.75 bits per heavy atom. The van der Waals surface area contributed by atoms with Crippen molar-refractivity contribution in [3.05, 3.63) is 39.4 Å².